The Balaban J connectivity index is 1.65. The van der Waals surface area contributed by atoms with Crippen molar-refractivity contribution >= 4 is 34.7 Å². The molecule has 0 bridgehead atoms. The van der Waals surface area contributed by atoms with Crippen LogP contribution in [0.1, 0.15) is 40.3 Å². The number of aromatic nitrogens is 3. The summed E-state index contributed by atoms with van der Waals surface area (Å²) in [5.74, 6) is -0.834. The van der Waals surface area contributed by atoms with E-state index in [0.717, 1.165) is 5.56 Å². The molecule has 4 rings (SSSR count). The molecular weight excluding hydrogens is 506 g/mol. The van der Waals surface area contributed by atoms with Crippen LogP contribution in [-0.4, -0.2) is 52.8 Å². The van der Waals surface area contributed by atoms with Gasteiger partial charge in [-0.05, 0) is 55.8 Å². The maximum absolute atomic E-state index is 12.3. The van der Waals surface area contributed by atoms with Gasteiger partial charge < -0.3 is 29.5 Å². The highest BCUT2D eigenvalue weighted by atomic mass is 16.5. The average molecular weight is 534 g/mol. The predicted octanol–water partition coefficient (Wildman–Crippen LogP) is 3.16. The zero-order valence-corrected chi connectivity index (χ0v) is 21.6. The van der Waals surface area contributed by atoms with Crippen LogP contribution in [0.3, 0.4) is 0 Å². The van der Waals surface area contributed by atoms with E-state index < -0.39 is 23.5 Å². The fraction of sp³-hybridized carbons (Fsp3) is 0.222. The van der Waals surface area contributed by atoms with E-state index in [1.807, 2.05) is 0 Å². The zero-order valence-electron chi connectivity index (χ0n) is 21.6. The summed E-state index contributed by atoms with van der Waals surface area (Å²) < 4.78 is 17.2. The van der Waals surface area contributed by atoms with E-state index in [4.69, 9.17) is 19.9 Å². The molecule has 2 heterocycles. The molecule has 12 heteroatoms. The Morgan fingerprint density at radius 2 is 1.72 bits per heavy atom. The third kappa shape index (κ3) is 5.74. The monoisotopic (exact) mass is 533 g/mol. The van der Waals surface area contributed by atoms with Crippen molar-refractivity contribution in [3.05, 3.63) is 82.0 Å². The second kappa shape index (κ2) is 11.5. The molecule has 0 atom stereocenters. The number of primary amides is 1. The van der Waals surface area contributed by atoms with E-state index in [2.05, 4.69) is 9.97 Å². The second-order valence-electron chi connectivity index (χ2n) is 8.29. The van der Waals surface area contributed by atoms with E-state index in [-0.39, 0.29) is 25.5 Å². The van der Waals surface area contributed by atoms with Gasteiger partial charge >= 0.3 is 18.0 Å². The highest BCUT2D eigenvalue weighted by Crippen LogP contribution is 2.28. The predicted molar refractivity (Wildman–Crippen MR) is 142 cm³/mol. The number of nitrogens with one attached hydrogen (secondary N) is 1. The number of hydrogen-bond donors (Lipinski definition) is 2. The van der Waals surface area contributed by atoms with Gasteiger partial charge in [-0.3, -0.25) is 9.69 Å². The molecule has 0 aliphatic rings. The fourth-order valence-electron chi connectivity index (χ4n) is 3.96. The van der Waals surface area contributed by atoms with E-state index >= 15 is 0 Å². The van der Waals surface area contributed by atoms with Gasteiger partial charge in [-0.1, -0.05) is 0 Å². The molecule has 2 aromatic heterocycles. The van der Waals surface area contributed by atoms with Crippen LogP contribution in [0.4, 0.5) is 10.5 Å². The summed E-state index contributed by atoms with van der Waals surface area (Å²) in [6.45, 7) is 3.87. The highest BCUT2D eigenvalue weighted by Gasteiger charge is 2.19. The summed E-state index contributed by atoms with van der Waals surface area (Å²) in [6, 6.07) is 10.8. The van der Waals surface area contributed by atoms with Crippen molar-refractivity contribution < 1.29 is 28.6 Å². The lowest BCUT2D eigenvalue weighted by Gasteiger charge is -2.20. The first-order chi connectivity index (χ1) is 18.7. The van der Waals surface area contributed by atoms with Gasteiger partial charge in [-0.15, -0.1) is 0 Å². The van der Waals surface area contributed by atoms with Gasteiger partial charge in [0.05, 0.1) is 49.2 Å². The van der Waals surface area contributed by atoms with Crippen LogP contribution in [0.2, 0.25) is 0 Å². The number of methoxy groups -OCH3 is 1. The van der Waals surface area contributed by atoms with Crippen molar-refractivity contribution in [2.45, 2.75) is 20.4 Å². The van der Waals surface area contributed by atoms with Gasteiger partial charge in [-0.25, -0.2) is 19.4 Å². The van der Waals surface area contributed by atoms with E-state index in [0.29, 0.717) is 33.7 Å². The summed E-state index contributed by atoms with van der Waals surface area (Å²) in [5.41, 5.74) is 7.56. The molecule has 0 spiro atoms. The maximum atomic E-state index is 12.3. The minimum Gasteiger partial charge on any atom is -0.494 e. The third-order valence-electron chi connectivity index (χ3n) is 5.79. The van der Waals surface area contributed by atoms with E-state index in [1.54, 1.807) is 73.3 Å². The Bertz CT molecular complexity index is 1590. The number of esters is 2. The molecule has 2 amide bonds. The number of hydrogen-bond acceptors (Lipinski definition) is 8. The molecule has 3 N–H and O–H groups in total. The van der Waals surface area contributed by atoms with Gasteiger partial charge in [0.15, 0.2) is 0 Å². The molecule has 0 radical (unpaired) electrons. The van der Waals surface area contributed by atoms with E-state index in [9.17, 15) is 19.2 Å². The van der Waals surface area contributed by atoms with Crippen LogP contribution in [-0.2, 0) is 16.0 Å². The molecule has 12 nitrogen and oxygen atoms in total. The van der Waals surface area contributed by atoms with Crippen molar-refractivity contribution in [1.29, 1.82) is 0 Å². The van der Waals surface area contributed by atoms with Crippen LogP contribution < -0.4 is 20.9 Å². The number of urea groups is 1. The smallest absolute Gasteiger partial charge is 0.362 e. The van der Waals surface area contributed by atoms with Crippen molar-refractivity contribution in [3.63, 3.8) is 0 Å². The zero-order chi connectivity index (χ0) is 28.1. The average Bonchev–Trinajstić information content (AvgIpc) is 3.39. The van der Waals surface area contributed by atoms with Gasteiger partial charge in [0.1, 0.15) is 5.75 Å². The third-order valence-corrected chi connectivity index (χ3v) is 5.79. The summed E-state index contributed by atoms with van der Waals surface area (Å²) in [6.07, 6.45) is 3.55. The Kier molecular flexibility index (Phi) is 7.94. The number of carbonyl (C=O) groups is 3. The fourth-order valence-corrected chi connectivity index (χ4v) is 3.96. The van der Waals surface area contributed by atoms with E-state index in [1.165, 1.54) is 12.0 Å². The number of rotatable bonds is 9. The quantitative estimate of drug-likeness (QED) is 0.310. The highest BCUT2D eigenvalue weighted by molar-refractivity contribution is 5.93. The minimum atomic E-state index is -0.817. The van der Waals surface area contributed by atoms with Crippen molar-refractivity contribution in [2.24, 2.45) is 5.73 Å². The van der Waals surface area contributed by atoms with Crippen molar-refractivity contribution in [2.75, 3.05) is 25.2 Å². The Morgan fingerprint density at radius 1 is 1.03 bits per heavy atom. The number of H-pyrrole nitrogens is 1. The Morgan fingerprint density at radius 3 is 2.36 bits per heavy atom. The number of anilines is 1. The maximum Gasteiger partial charge on any atom is 0.362 e. The van der Waals surface area contributed by atoms with Crippen molar-refractivity contribution in [1.82, 2.24) is 14.5 Å². The first kappa shape index (κ1) is 26.9. The summed E-state index contributed by atoms with van der Waals surface area (Å²) in [7, 11) is 1.49. The lowest BCUT2D eigenvalue weighted by atomic mass is 10.2. The minimum absolute atomic E-state index is 0.107. The number of ether oxygens (including phenoxy) is 3. The lowest BCUT2D eigenvalue weighted by molar-refractivity contribution is 0.0511. The van der Waals surface area contributed by atoms with Crippen LogP contribution in [0.25, 0.3) is 16.7 Å². The van der Waals surface area contributed by atoms with Crippen LogP contribution in [0.5, 0.6) is 5.75 Å². The molecule has 0 aliphatic heterocycles. The molecule has 39 heavy (non-hydrogen) atoms. The number of amides is 2. The van der Waals surface area contributed by atoms with Gasteiger partial charge in [0, 0.05) is 24.1 Å². The summed E-state index contributed by atoms with van der Waals surface area (Å²) in [5, 5.41) is 0. The first-order valence-corrected chi connectivity index (χ1v) is 12.1. The molecule has 0 saturated heterocycles. The molecular formula is C27H27N5O7. The molecule has 202 valence electrons. The number of carbonyl (C=O) groups excluding carboxylic acids is 3. The largest absolute Gasteiger partial charge is 0.494 e. The number of nitrogens with zero attached hydrogens (tertiary/aromatic N) is 3. The van der Waals surface area contributed by atoms with Crippen LogP contribution >= 0.6 is 0 Å². The topological polar surface area (TPSA) is 159 Å². The SMILES string of the molecule is CCOC(=O)c1ccc(N(Cc2ccn(-c3cc4nc(C(=O)OCC)c(=O)[nH]c4cc3OC)c2)C(N)=O)cc1. The van der Waals surface area contributed by atoms with Gasteiger partial charge in [0.25, 0.3) is 5.56 Å². The molecule has 0 unspecified atom stereocenters. The van der Waals surface area contributed by atoms with Crippen molar-refractivity contribution in [3.8, 4) is 11.4 Å². The second-order valence-corrected chi connectivity index (χ2v) is 8.29. The van der Waals surface area contributed by atoms with Crippen LogP contribution in [0.15, 0.2) is 59.7 Å². The summed E-state index contributed by atoms with van der Waals surface area (Å²) >= 11 is 0. The first-order valence-electron chi connectivity index (χ1n) is 12.1. The Hall–Kier alpha value is -5.13. The number of benzene rings is 2. The number of aromatic amines is 1. The molecule has 2 aromatic carbocycles. The van der Waals surface area contributed by atoms with Gasteiger partial charge in [-0.2, -0.15) is 0 Å². The summed E-state index contributed by atoms with van der Waals surface area (Å²) in [4.78, 5) is 56.9. The molecule has 0 saturated carbocycles. The molecule has 0 fully saturated rings. The normalized spacial score (nSPS) is 10.7. The number of fused-ring (bicyclic) bond motifs is 1. The molecule has 0 aliphatic carbocycles. The van der Waals surface area contributed by atoms with Crippen LogP contribution in [0, 0.1) is 0 Å². The Labute approximate surface area is 222 Å². The number of nitrogens with two attached hydrogens (primary N) is 1. The standard InChI is InChI=1S/C27H27N5O7/c1-4-38-25(34)17-6-8-18(9-7-17)32(27(28)36)15-16-10-11-31(14-16)21-12-19-20(13-22(21)37-3)30-24(33)23(29-19)26(35)39-5-2/h6-14H,4-5,15H2,1-3H3,(H2,28,36)(H,30,33). The molecule has 4 aromatic rings. The van der Waals surface area contributed by atoms with Gasteiger partial charge in [0.2, 0.25) is 5.69 Å². The lowest BCUT2D eigenvalue weighted by Crippen LogP contribution is -2.35.